The Bertz CT molecular complexity index is 184. The fraction of sp³-hybridized carbons (Fsp3) is 0.889. The Hall–Kier alpha value is -0.610. The summed E-state index contributed by atoms with van der Waals surface area (Å²) < 4.78 is 4.85. The SMILES string of the molecule is CCOC(=O)[C@H]1CCC[C@H](N)[C@H]1O. The van der Waals surface area contributed by atoms with Crippen LogP contribution in [0.3, 0.4) is 0 Å². The molecule has 1 aliphatic carbocycles. The predicted octanol–water partition coefficient (Wildman–Crippen LogP) is 0.0378. The van der Waals surface area contributed by atoms with E-state index in [-0.39, 0.29) is 12.0 Å². The predicted molar refractivity (Wildman–Crippen MR) is 48.0 cm³/mol. The Morgan fingerprint density at radius 2 is 2.31 bits per heavy atom. The van der Waals surface area contributed by atoms with Crippen molar-refractivity contribution in [3.05, 3.63) is 0 Å². The van der Waals surface area contributed by atoms with Crippen LogP contribution in [-0.2, 0) is 9.53 Å². The summed E-state index contributed by atoms with van der Waals surface area (Å²) in [5.74, 6) is -0.728. The lowest BCUT2D eigenvalue weighted by Gasteiger charge is -2.30. The van der Waals surface area contributed by atoms with E-state index in [1.807, 2.05) is 0 Å². The van der Waals surface area contributed by atoms with Crippen LogP contribution in [0, 0.1) is 5.92 Å². The maximum atomic E-state index is 11.3. The molecule has 0 amide bonds. The van der Waals surface area contributed by atoms with Gasteiger partial charge >= 0.3 is 5.97 Å². The second kappa shape index (κ2) is 4.58. The number of nitrogens with two attached hydrogens (primary N) is 1. The number of hydrogen-bond donors (Lipinski definition) is 2. The molecule has 0 unspecified atom stereocenters. The van der Waals surface area contributed by atoms with Crippen molar-refractivity contribution in [3.63, 3.8) is 0 Å². The molecule has 4 nitrogen and oxygen atoms in total. The molecule has 0 aromatic heterocycles. The Morgan fingerprint density at radius 1 is 1.62 bits per heavy atom. The van der Waals surface area contributed by atoms with E-state index in [9.17, 15) is 9.90 Å². The summed E-state index contributed by atoms with van der Waals surface area (Å²) in [6.45, 7) is 2.12. The van der Waals surface area contributed by atoms with E-state index in [1.54, 1.807) is 6.92 Å². The van der Waals surface area contributed by atoms with Gasteiger partial charge in [-0.1, -0.05) is 6.42 Å². The highest BCUT2D eigenvalue weighted by Gasteiger charge is 2.35. The number of ether oxygens (including phenoxy) is 1. The summed E-state index contributed by atoms with van der Waals surface area (Å²) in [7, 11) is 0. The van der Waals surface area contributed by atoms with Crippen LogP contribution < -0.4 is 5.73 Å². The van der Waals surface area contributed by atoms with E-state index in [0.29, 0.717) is 13.0 Å². The van der Waals surface area contributed by atoms with Crippen molar-refractivity contribution >= 4 is 5.97 Å². The van der Waals surface area contributed by atoms with Gasteiger partial charge in [-0.25, -0.2) is 0 Å². The number of hydrogen-bond acceptors (Lipinski definition) is 4. The molecule has 4 heteroatoms. The maximum Gasteiger partial charge on any atom is 0.311 e. The first-order valence-corrected chi connectivity index (χ1v) is 4.77. The average Bonchev–Trinajstić information content (AvgIpc) is 2.10. The van der Waals surface area contributed by atoms with E-state index in [1.165, 1.54) is 0 Å². The van der Waals surface area contributed by atoms with Crippen LogP contribution >= 0.6 is 0 Å². The van der Waals surface area contributed by atoms with Crippen LogP contribution in [0.5, 0.6) is 0 Å². The Balaban J connectivity index is 2.52. The summed E-state index contributed by atoms with van der Waals surface area (Å²) in [5, 5.41) is 9.61. The van der Waals surface area contributed by atoms with Crippen molar-refractivity contribution in [2.24, 2.45) is 11.7 Å². The van der Waals surface area contributed by atoms with Crippen LogP contribution in [0.25, 0.3) is 0 Å². The van der Waals surface area contributed by atoms with Crippen LogP contribution in [0.2, 0.25) is 0 Å². The Kier molecular flexibility index (Phi) is 3.69. The summed E-state index contributed by atoms with van der Waals surface area (Å²) in [6.07, 6.45) is 1.64. The van der Waals surface area contributed by atoms with E-state index < -0.39 is 12.0 Å². The van der Waals surface area contributed by atoms with Gasteiger partial charge in [0.25, 0.3) is 0 Å². The van der Waals surface area contributed by atoms with Crippen molar-refractivity contribution in [2.75, 3.05) is 6.61 Å². The summed E-state index contributed by atoms with van der Waals surface area (Å²) in [5.41, 5.74) is 5.64. The molecule has 13 heavy (non-hydrogen) atoms. The molecular formula is C9H17NO3. The lowest BCUT2D eigenvalue weighted by atomic mass is 9.83. The van der Waals surface area contributed by atoms with Crippen molar-refractivity contribution < 1.29 is 14.6 Å². The molecule has 76 valence electrons. The number of carbonyl (C=O) groups excluding carboxylic acids is 1. The molecule has 1 fully saturated rings. The minimum absolute atomic E-state index is 0.275. The van der Waals surface area contributed by atoms with Gasteiger partial charge in [0.1, 0.15) is 0 Å². The van der Waals surface area contributed by atoms with Gasteiger partial charge in [-0.3, -0.25) is 4.79 Å². The third kappa shape index (κ3) is 2.42. The molecule has 3 N–H and O–H groups in total. The standard InChI is InChI=1S/C9H17NO3/c1-2-13-9(12)6-4-3-5-7(10)8(6)11/h6-8,11H,2-5,10H2,1H3/t6-,7-,8-/m0/s1. The van der Waals surface area contributed by atoms with Crippen LogP contribution in [-0.4, -0.2) is 29.8 Å². The molecule has 1 aliphatic rings. The number of esters is 1. The molecule has 0 aromatic rings. The molecule has 0 aliphatic heterocycles. The minimum atomic E-state index is -0.729. The second-order valence-electron chi connectivity index (χ2n) is 3.44. The van der Waals surface area contributed by atoms with Gasteiger partial charge in [-0.05, 0) is 19.8 Å². The highest BCUT2D eigenvalue weighted by molar-refractivity contribution is 5.73. The first-order valence-electron chi connectivity index (χ1n) is 4.77. The van der Waals surface area contributed by atoms with Gasteiger partial charge in [0.05, 0.1) is 18.6 Å². The molecule has 0 saturated heterocycles. The van der Waals surface area contributed by atoms with Gasteiger partial charge in [0.2, 0.25) is 0 Å². The van der Waals surface area contributed by atoms with Gasteiger partial charge in [0.15, 0.2) is 0 Å². The topological polar surface area (TPSA) is 72.5 Å². The molecule has 1 saturated carbocycles. The molecule has 0 bridgehead atoms. The lowest BCUT2D eigenvalue weighted by Crippen LogP contribution is -2.46. The molecule has 3 atom stereocenters. The van der Waals surface area contributed by atoms with Crippen molar-refractivity contribution in [3.8, 4) is 0 Å². The first kappa shape index (κ1) is 10.5. The van der Waals surface area contributed by atoms with Gasteiger partial charge in [-0.2, -0.15) is 0 Å². The van der Waals surface area contributed by atoms with Crippen LogP contribution in [0.15, 0.2) is 0 Å². The number of aliphatic hydroxyl groups is 1. The number of carbonyl (C=O) groups is 1. The molecule has 0 radical (unpaired) electrons. The van der Waals surface area contributed by atoms with Crippen molar-refractivity contribution in [1.82, 2.24) is 0 Å². The highest BCUT2D eigenvalue weighted by atomic mass is 16.5. The highest BCUT2D eigenvalue weighted by Crippen LogP contribution is 2.24. The van der Waals surface area contributed by atoms with Gasteiger partial charge in [0, 0.05) is 6.04 Å². The number of rotatable bonds is 2. The summed E-state index contributed by atoms with van der Waals surface area (Å²) >= 11 is 0. The largest absolute Gasteiger partial charge is 0.466 e. The third-order valence-corrected chi connectivity index (χ3v) is 2.49. The average molecular weight is 187 g/mol. The molecule has 0 aromatic carbocycles. The van der Waals surface area contributed by atoms with Crippen LogP contribution in [0.4, 0.5) is 0 Å². The molecule has 0 spiro atoms. The fourth-order valence-corrected chi connectivity index (χ4v) is 1.72. The van der Waals surface area contributed by atoms with Crippen LogP contribution in [0.1, 0.15) is 26.2 Å². The third-order valence-electron chi connectivity index (χ3n) is 2.49. The van der Waals surface area contributed by atoms with Gasteiger partial charge in [-0.15, -0.1) is 0 Å². The summed E-state index contributed by atoms with van der Waals surface area (Å²) in [6, 6.07) is -0.275. The van der Waals surface area contributed by atoms with E-state index in [2.05, 4.69) is 0 Å². The Morgan fingerprint density at radius 3 is 2.92 bits per heavy atom. The van der Waals surface area contributed by atoms with Gasteiger partial charge < -0.3 is 15.6 Å². The maximum absolute atomic E-state index is 11.3. The zero-order chi connectivity index (χ0) is 9.84. The number of aliphatic hydroxyl groups excluding tert-OH is 1. The van der Waals surface area contributed by atoms with Crippen molar-refractivity contribution in [1.29, 1.82) is 0 Å². The fourth-order valence-electron chi connectivity index (χ4n) is 1.72. The monoisotopic (exact) mass is 187 g/mol. The minimum Gasteiger partial charge on any atom is -0.466 e. The quantitative estimate of drug-likeness (QED) is 0.598. The van der Waals surface area contributed by atoms with Crippen molar-refractivity contribution in [2.45, 2.75) is 38.3 Å². The summed E-state index contributed by atoms with van der Waals surface area (Å²) in [4.78, 5) is 11.3. The molecule has 1 rings (SSSR count). The van der Waals surface area contributed by atoms with E-state index in [0.717, 1.165) is 12.8 Å². The van der Waals surface area contributed by atoms with E-state index in [4.69, 9.17) is 10.5 Å². The second-order valence-corrected chi connectivity index (χ2v) is 3.44. The lowest BCUT2D eigenvalue weighted by molar-refractivity contribution is -0.154. The van der Waals surface area contributed by atoms with E-state index >= 15 is 0 Å². The normalized spacial score (nSPS) is 34.2. The Labute approximate surface area is 78.1 Å². The smallest absolute Gasteiger partial charge is 0.311 e. The molecule has 0 heterocycles. The zero-order valence-corrected chi connectivity index (χ0v) is 7.90. The first-order chi connectivity index (χ1) is 6.16. The zero-order valence-electron chi connectivity index (χ0n) is 7.90. The molecular weight excluding hydrogens is 170 g/mol.